The number of ether oxygens (including phenoxy) is 1. The molecule has 0 saturated carbocycles. The van der Waals surface area contributed by atoms with E-state index in [1.54, 1.807) is 19.1 Å². The smallest absolute Gasteiger partial charge is 0.418 e. The van der Waals surface area contributed by atoms with E-state index in [1.165, 1.54) is 41.0 Å². The van der Waals surface area contributed by atoms with Crippen LogP contribution in [-0.2, 0) is 4.74 Å². The predicted octanol–water partition coefficient (Wildman–Crippen LogP) is 3.08. The number of aromatic hydroxyl groups is 2. The number of rotatable bonds is 2. The number of pyridine rings is 1. The number of aromatic nitrogens is 1. The van der Waals surface area contributed by atoms with Gasteiger partial charge in [-0.05, 0) is 55.0 Å². The molecule has 1 heterocycles. The summed E-state index contributed by atoms with van der Waals surface area (Å²) in [6.45, 7) is 1.87. The van der Waals surface area contributed by atoms with Gasteiger partial charge in [-0.25, -0.2) is 9.36 Å². The average molecular weight is 325 g/mol. The second kappa shape index (κ2) is 6.08. The molecular formula is C18H15NO5. The van der Waals surface area contributed by atoms with Gasteiger partial charge >= 0.3 is 6.09 Å². The van der Waals surface area contributed by atoms with Gasteiger partial charge in [-0.15, -0.1) is 0 Å². The number of fused-ring (bicyclic) bond motifs is 1. The van der Waals surface area contributed by atoms with Crippen LogP contribution in [0.25, 0.3) is 22.2 Å². The fourth-order valence-electron chi connectivity index (χ4n) is 2.54. The molecule has 3 aromatic rings. The van der Waals surface area contributed by atoms with Crippen molar-refractivity contribution in [3.63, 3.8) is 0 Å². The molecular weight excluding hydrogens is 310 g/mol. The molecule has 0 aliphatic heterocycles. The first-order valence-corrected chi connectivity index (χ1v) is 7.36. The van der Waals surface area contributed by atoms with E-state index in [1.807, 2.05) is 0 Å². The Labute approximate surface area is 137 Å². The second-order valence-corrected chi connectivity index (χ2v) is 5.18. The van der Waals surface area contributed by atoms with E-state index in [-0.39, 0.29) is 28.9 Å². The quantitative estimate of drug-likeness (QED) is 0.756. The van der Waals surface area contributed by atoms with Gasteiger partial charge in [0.15, 0.2) is 5.43 Å². The molecule has 0 spiro atoms. The lowest BCUT2D eigenvalue weighted by molar-refractivity contribution is 0.155. The molecule has 0 saturated heterocycles. The van der Waals surface area contributed by atoms with Crippen molar-refractivity contribution < 1.29 is 19.7 Å². The fraction of sp³-hybridized carbons (Fsp3) is 0.111. The van der Waals surface area contributed by atoms with Gasteiger partial charge in [0.1, 0.15) is 11.5 Å². The maximum absolute atomic E-state index is 12.4. The Morgan fingerprint density at radius 3 is 2.38 bits per heavy atom. The number of phenols is 2. The SMILES string of the molecule is CCOC(=O)n1c(-c2ccc(O)cc2)cc(=O)c2cc(O)ccc21. The van der Waals surface area contributed by atoms with E-state index in [0.29, 0.717) is 16.8 Å². The van der Waals surface area contributed by atoms with Crippen LogP contribution in [0.1, 0.15) is 6.92 Å². The molecule has 0 amide bonds. The third-order valence-electron chi connectivity index (χ3n) is 3.61. The number of benzene rings is 2. The van der Waals surface area contributed by atoms with Crippen LogP contribution >= 0.6 is 0 Å². The standard InChI is InChI=1S/C18H15NO5/c1-2-24-18(23)19-15-8-7-13(21)9-14(15)17(22)10-16(19)11-3-5-12(20)6-4-11/h3-10,20-21H,2H2,1H3. The normalized spacial score (nSPS) is 10.7. The Morgan fingerprint density at radius 2 is 1.71 bits per heavy atom. The van der Waals surface area contributed by atoms with Crippen LogP contribution in [0.2, 0.25) is 0 Å². The van der Waals surface area contributed by atoms with E-state index in [0.717, 1.165) is 0 Å². The third kappa shape index (κ3) is 2.69. The largest absolute Gasteiger partial charge is 0.508 e. The van der Waals surface area contributed by atoms with Crippen LogP contribution in [0.3, 0.4) is 0 Å². The van der Waals surface area contributed by atoms with Crippen molar-refractivity contribution in [2.24, 2.45) is 0 Å². The van der Waals surface area contributed by atoms with Crippen molar-refractivity contribution in [3.05, 3.63) is 58.8 Å². The van der Waals surface area contributed by atoms with Gasteiger partial charge < -0.3 is 14.9 Å². The summed E-state index contributed by atoms with van der Waals surface area (Å²) in [5, 5.41) is 19.3. The Hall–Kier alpha value is -3.28. The molecule has 2 N–H and O–H groups in total. The molecule has 0 aliphatic carbocycles. The van der Waals surface area contributed by atoms with Crippen LogP contribution in [0, 0.1) is 0 Å². The lowest BCUT2D eigenvalue weighted by Gasteiger charge is -2.15. The maximum Gasteiger partial charge on any atom is 0.418 e. The van der Waals surface area contributed by atoms with Crippen LogP contribution in [0.5, 0.6) is 11.5 Å². The summed E-state index contributed by atoms with van der Waals surface area (Å²) in [5.74, 6) is 0.0156. The minimum absolute atomic E-state index is 0.0626. The van der Waals surface area contributed by atoms with E-state index in [4.69, 9.17) is 4.74 Å². The zero-order chi connectivity index (χ0) is 17.3. The number of hydrogen-bond donors (Lipinski definition) is 2. The zero-order valence-corrected chi connectivity index (χ0v) is 12.9. The highest BCUT2D eigenvalue weighted by Gasteiger charge is 2.17. The van der Waals surface area contributed by atoms with Crippen molar-refractivity contribution in [2.45, 2.75) is 6.92 Å². The van der Waals surface area contributed by atoms with Gasteiger partial charge in [-0.1, -0.05) is 0 Å². The number of carbonyl (C=O) groups excluding carboxylic acids is 1. The Kier molecular flexibility index (Phi) is 3.95. The monoisotopic (exact) mass is 325 g/mol. The molecule has 0 radical (unpaired) electrons. The highest BCUT2D eigenvalue weighted by atomic mass is 16.5. The maximum atomic E-state index is 12.4. The molecule has 3 rings (SSSR count). The lowest BCUT2D eigenvalue weighted by atomic mass is 10.1. The highest BCUT2D eigenvalue weighted by molar-refractivity contribution is 5.93. The van der Waals surface area contributed by atoms with E-state index in [2.05, 4.69) is 0 Å². The third-order valence-corrected chi connectivity index (χ3v) is 3.61. The van der Waals surface area contributed by atoms with Crippen molar-refractivity contribution in [2.75, 3.05) is 6.61 Å². The van der Waals surface area contributed by atoms with E-state index in [9.17, 15) is 19.8 Å². The first-order chi connectivity index (χ1) is 11.5. The summed E-state index contributed by atoms with van der Waals surface area (Å²) in [7, 11) is 0. The number of carbonyl (C=O) groups is 1. The summed E-state index contributed by atoms with van der Waals surface area (Å²) in [4.78, 5) is 24.8. The molecule has 0 atom stereocenters. The average Bonchev–Trinajstić information content (AvgIpc) is 2.56. The van der Waals surface area contributed by atoms with Gasteiger partial charge in [0.25, 0.3) is 0 Å². The van der Waals surface area contributed by atoms with Crippen LogP contribution in [0.4, 0.5) is 4.79 Å². The Balaban J connectivity index is 2.37. The number of phenolic OH excluding ortho intramolecular Hbond substituents is 2. The van der Waals surface area contributed by atoms with Crippen LogP contribution in [0.15, 0.2) is 53.3 Å². The van der Waals surface area contributed by atoms with Crippen LogP contribution in [-0.4, -0.2) is 27.5 Å². The van der Waals surface area contributed by atoms with Crippen molar-refractivity contribution in [1.82, 2.24) is 4.57 Å². The topological polar surface area (TPSA) is 88.8 Å². The molecule has 122 valence electrons. The molecule has 0 unspecified atom stereocenters. The highest BCUT2D eigenvalue weighted by Crippen LogP contribution is 2.26. The van der Waals surface area contributed by atoms with Crippen LogP contribution < -0.4 is 5.43 Å². The lowest BCUT2D eigenvalue weighted by Crippen LogP contribution is -2.20. The minimum Gasteiger partial charge on any atom is -0.508 e. The predicted molar refractivity (Wildman–Crippen MR) is 89.4 cm³/mol. The van der Waals surface area contributed by atoms with E-state index < -0.39 is 6.09 Å². The number of nitrogens with zero attached hydrogens (tertiary/aromatic N) is 1. The van der Waals surface area contributed by atoms with Crippen molar-refractivity contribution in [1.29, 1.82) is 0 Å². The molecule has 0 fully saturated rings. The zero-order valence-electron chi connectivity index (χ0n) is 12.9. The molecule has 0 bridgehead atoms. The van der Waals surface area contributed by atoms with Gasteiger partial charge in [0, 0.05) is 11.5 Å². The Bertz CT molecular complexity index is 973. The molecule has 1 aromatic heterocycles. The van der Waals surface area contributed by atoms with Gasteiger partial charge in [0.05, 0.1) is 17.8 Å². The van der Waals surface area contributed by atoms with E-state index >= 15 is 0 Å². The molecule has 0 aliphatic rings. The van der Waals surface area contributed by atoms with Gasteiger partial charge in [0.2, 0.25) is 0 Å². The molecule has 2 aromatic carbocycles. The minimum atomic E-state index is -0.628. The molecule has 24 heavy (non-hydrogen) atoms. The van der Waals surface area contributed by atoms with Crippen molar-refractivity contribution >= 4 is 17.0 Å². The van der Waals surface area contributed by atoms with Crippen molar-refractivity contribution in [3.8, 4) is 22.8 Å². The first-order valence-electron chi connectivity index (χ1n) is 7.36. The first kappa shape index (κ1) is 15.6. The summed E-state index contributed by atoms with van der Waals surface area (Å²) >= 11 is 0. The van der Waals surface area contributed by atoms with Gasteiger partial charge in [-0.3, -0.25) is 4.79 Å². The van der Waals surface area contributed by atoms with Gasteiger partial charge in [-0.2, -0.15) is 0 Å². The fourth-order valence-corrected chi connectivity index (χ4v) is 2.54. The summed E-state index contributed by atoms with van der Waals surface area (Å²) in [5.41, 5.74) is 0.927. The summed E-state index contributed by atoms with van der Waals surface area (Å²) in [6, 6.07) is 11.7. The summed E-state index contributed by atoms with van der Waals surface area (Å²) < 4.78 is 6.39. The second-order valence-electron chi connectivity index (χ2n) is 5.18. The molecule has 6 nitrogen and oxygen atoms in total. The summed E-state index contributed by atoms with van der Waals surface area (Å²) in [6.07, 6.45) is -0.628. The number of hydrogen-bond acceptors (Lipinski definition) is 5. The molecule has 6 heteroatoms. The Morgan fingerprint density at radius 1 is 1.04 bits per heavy atom.